The Morgan fingerprint density at radius 3 is 2.58 bits per heavy atom. The van der Waals surface area contributed by atoms with Gasteiger partial charge in [0, 0.05) is 6.04 Å². The molecule has 1 aliphatic carbocycles. The molecule has 1 aromatic rings. The predicted molar refractivity (Wildman–Crippen MR) is 73.8 cm³/mol. The Hall–Kier alpha value is -1.51. The molecule has 19 heavy (non-hydrogen) atoms. The largest absolute Gasteiger partial charge is 0.441 e. The standard InChI is InChI=1S/C16H21NO2/c1-4-11-10-13(11)17-14(12-8-6-5-7-9-12)16(2,3)19-15(17)18/h5-9,11,13-14H,4,10H2,1-3H3. The number of hydrogen-bond acceptors (Lipinski definition) is 2. The van der Waals surface area contributed by atoms with Crippen LogP contribution in [0.3, 0.4) is 0 Å². The van der Waals surface area contributed by atoms with E-state index in [2.05, 4.69) is 19.1 Å². The highest BCUT2D eigenvalue weighted by molar-refractivity contribution is 5.73. The molecule has 1 amide bonds. The van der Waals surface area contributed by atoms with Crippen LogP contribution in [0.15, 0.2) is 30.3 Å². The molecule has 1 aromatic carbocycles. The minimum absolute atomic E-state index is 0.0303. The van der Waals surface area contributed by atoms with Gasteiger partial charge < -0.3 is 4.74 Å². The van der Waals surface area contributed by atoms with Gasteiger partial charge in [0.15, 0.2) is 0 Å². The van der Waals surface area contributed by atoms with Gasteiger partial charge in [-0.15, -0.1) is 0 Å². The molecule has 3 atom stereocenters. The number of nitrogens with zero attached hydrogens (tertiary/aromatic N) is 1. The molecule has 0 bridgehead atoms. The van der Waals surface area contributed by atoms with E-state index in [9.17, 15) is 4.79 Å². The maximum atomic E-state index is 12.2. The summed E-state index contributed by atoms with van der Waals surface area (Å²) in [5, 5.41) is 0. The average Bonchev–Trinajstić information content (AvgIpc) is 3.10. The zero-order valence-electron chi connectivity index (χ0n) is 11.8. The summed E-state index contributed by atoms with van der Waals surface area (Å²) in [5.74, 6) is 0.646. The van der Waals surface area contributed by atoms with Gasteiger partial charge in [-0.05, 0) is 31.7 Å². The van der Waals surface area contributed by atoms with Crippen LogP contribution in [0.25, 0.3) is 0 Å². The van der Waals surface area contributed by atoms with Crippen molar-refractivity contribution in [2.75, 3.05) is 0 Å². The molecule has 0 aromatic heterocycles. The fourth-order valence-electron chi connectivity index (χ4n) is 3.31. The highest BCUT2D eigenvalue weighted by Crippen LogP contribution is 2.50. The number of ether oxygens (including phenoxy) is 1. The first-order chi connectivity index (χ1) is 9.04. The molecule has 2 aliphatic rings. The van der Waals surface area contributed by atoms with Crippen LogP contribution in [0.4, 0.5) is 4.79 Å². The van der Waals surface area contributed by atoms with Crippen LogP contribution in [0.5, 0.6) is 0 Å². The molecule has 1 saturated carbocycles. The van der Waals surface area contributed by atoms with E-state index >= 15 is 0 Å². The summed E-state index contributed by atoms with van der Waals surface area (Å²) in [6.45, 7) is 6.20. The minimum atomic E-state index is -0.459. The van der Waals surface area contributed by atoms with Crippen molar-refractivity contribution in [3.8, 4) is 0 Å². The number of benzene rings is 1. The molecule has 3 nitrogen and oxygen atoms in total. The summed E-state index contributed by atoms with van der Waals surface area (Å²) in [6, 6.07) is 10.6. The molecule has 3 heteroatoms. The molecule has 3 rings (SSSR count). The van der Waals surface area contributed by atoms with Gasteiger partial charge in [-0.25, -0.2) is 4.79 Å². The minimum Gasteiger partial charge on any atom is -0.441 e. The fraction of sp³-hybridized carbons (Fsp3) is 0.562. The van der Waals surface area contributed by atoms with Gasteiger partial charge in [0.1, 0.15) is 5.60 Å². The lowest BCUT2D eigenvalue weighted by atomic mass is 9.91. The fourth-order valence-corrected chi connectivity index (χ4v) is 3.31. The Labute approximate surface area is 114 Å². The van der Waals surface area contributed by atoms with Crippen LogP contribution in [-0.4, -0.2) is 22.6 Å². The van der Waals surface area contributed by atoms with E-state index in [1.165, 1.54) is 5.56 Å². The quantitative estimate of drug-likeness (QED) is 0.827. The third-order valence-corrected chi connectivity index (χ3v) is 4.38. The first-order valence-electron chi connectivity index (χ1n) is 7.11. The second kappa shape index (κ2) is 4.26. The van der Waals surface area contributed by atoms with Crippen LogP contribution < -0.4 is 0 Å². The van der Waals surface area contributed by atoms with Crippen molar-refractivity contribution in [2.45, 2.75) is 51.3 Å². The van der Waals surface area contributed by atoms with Gasteiger partial charge >= 0.3 is 6.09 Å². The number of carbonyl (C=O) groups excluding carboxylic acids is 1. The van der Waals surface area contributed by atoms with Gasteiger partial charge in [-0.3, -0.25) is 4.90 Å². The van der Waals surface area contributed by atoms with Gasteiger partial charge in [0.25, 0.3) is 0 Å². The average molecular weight is 259 g/mol. The zero-order chi connectivity index (χ0) is 13.6. The maximum absolute atomic E-state index is 12.2. The van der Waals surface area contributed by atoms with Crippen molar-refractivity contribution in [1.82, 2.24) is 4.90 Å². The molecule has 0 N–H and O–H groups in total. The molecule has 3 unspecified atom stereocenters. The van der Waals surface area contributed by atoms with Crippen molar-refractivity contribution in [3.63, 3.8) is 0 Å². The molecule has 1 saturated heterocycles. The van der Waals surface area contributed by atoms with Crippen LogP contribution in [0.2, 0.25) is 0 Å². The summed E-state index contributed by atoms with van der Waals surface area (Å²) in [7, 11) is 0. The Morgan fingerprint density at radius 1 is 1.32 bits per heavy atom. The monoisotopic (exact) mass is 259 g/mol. The second-order valence-corrected chi connectivity index (χ2v) is 6.16. The van der Waals surface area contributed by atoms with E-state index in [0.717, 1.165) is 12.8 Å². The predicted octanol–water partition coefficient (Wildman–Crippen LogP) is 3.76. The Bertz CT molecular complexity index is 483. The first kappa shape index (κ1) is 12.5. The number of cyclic esters (lactones) is 1. The van der Waals surface area contributed by atoms with Gasteiger partial charge in [0.05, 0.1) is 6.04 Å². The summed E-state index contributed by atoms with van der Waals surface area (Å²) in [5.41, 5.74) is 0.708. The van der Waals surface area contributed by atoms with Crippen molar-refractivity contribution >= 4 is 6.09 Å². The molecule has 1 aliphatic heterocycles. The van der Waals surface area contributed by atoms with Crippen molar-refractivity contribution in [3.05, 3.63) is 35.9 Å². The lowest BCUT2D eigenvalue weighted by Crippen LogP contribution is -2.35. The SMILES string of the molecule is CCC1CC1N1C(=O)OC(C)(C)C1c1ccccc1. The normalized spacial score (nSPS) is 32.3. The molecule has 102 valence electrons. The van der Waals surface area contributed by atoms with E-state index < -0.39 is 5.60 Å². The Morgan fingerprint density at radius 2 is 2.00 bits per heavy atom. The van der Waals surface area contributed by atoms with E-state index in [1.807, 2.05) is 36.9 Å². The van der Waals surface area contributed by atoms with Crippen molar-refractivity contribution in [2.24, 2.45) is 5.92 Å². The van der Waals surface area contributed by atoms with Crippen LogP contribution >= 0.6 is 0 Å². The van der Waals surface area contributed by atoms with Crippen molar-refractivity contribution in [1.29, 1.82) is 0 Å². The van der Waals surface area contributed by atoms with Crippen LogP contribution in [-0.2, 0) is 4.74 Å². The molecular formula is C16H21NO2. The van der Waals surface area contributed by atoms with Gasteiger partial charge in [-0.2, -0.15) is 0 Å². The molecule has 1 heterocycles. The molecular weight excluding hydrogens is 238 g/mol. The van der Waals surface area contributed by atoms with Crippen molar-refractivity contribution < 1.29 is 9.53 Å². The highest BCUT2D eigenvalue weighted by Gasteiger charge is 2.56. The van der Waals surface area contributed by atoms with E-state index in [4.69, 9.17) is 4.74 Å². The maximum Gasteiger partial charge on any atom is 0.411 e. The lowest BCUT2D eigenvalue weighted by molar-refractivity contribution is 0.0674. The third kappa shape index (κ3) is 2.01. The topological polar surface area (TPSA) is 29.5 Å². The van der Waals surface area contributed by atoms with E-state index in [-0.39, 0.29) is 12.1 Å². The number of hydrogen-bond donors (Lipinski definition) is 0. The molecule has 0 spiro atoms. The summed E-state index contributed by atoms with van der Waals surface area (Å²) in [4.78, 5) is 14.2. The van der Waals surface area contributed by atoms with E-state index in [1.54, 1.807) is 0 Å². The number of amides is 1. The Balaban J connectivity index is 1.95. The lowest BCUT2D eigenvalue weighted by Gasteiger charge is -2.29. The smallest absolute Gasteiger partial charge is 0.411 e. The zero-order valence-corrected chi connectivity index (χ0v) is 11.8. The van der Waals surface area contributed by atoms with E-state index in [0.29, 0.717) is 12.0 Å². The third-order valence-electron chi connectivity index (χ3n) is 4.38. The first-order valence-corrected chi connectivity index (χ1v) is 7.11. The molecule has 2 fully saturated rings. The summed E-state index contributed by atoms with van der Waals surface area (Å²) < 4.78 is 5.61. The van der Waals surface area contributed by atoms with Crippen LogP contribution in [0, 0.1) is 5.92 Å². The Kier molecular flexibility index (Phi) is 2.80. The van der Waals surface area contributed by atoms with Gasteiger partial charge in [-0.1, -0.05) is 43.7 Å². The number of carbonyl (C=O) groups is 1. The summed E-state index contributed by atoms with van der Waals surface area (Å²) >= 11 is 0. The van der Waals surface area contributed by atoms with Gasteiger partial charge in [0.2, 0.25) is 0 Å². The van der Waals surface area contributed by atoms with Crippen LogP contribution in [0.1, 0.15) is 45.2 Å². The molecule has 0 radical (unpaired) electrons. The second-order valence-electron chi connectivity index (χ2n) is 6.16. The highest BCUT2D eigenvalue weighted by atomic mass is 16.6. The summed E-state index contributed by atoms with van der Waals surface area (Å²) in [6.07, 6.45) is 2.10. The number of rotatable bonds is 3.